The summed E-state index contributed by atoms with van der Waals surface area (Å²) in [5.41, 5.74) is -0.00917. The van der Waals surface area contributed by atoms with E-state index in [-0.39, 0.29) is 0 Å². The number of hydrogen-bond donors (Lipinski definition) is 0. The minimum atomic E-state index is -0.690. The Bertz CT molecular complexity index is 457. The topological polar surface area (TPSA) is 46.4 Å². The van der Waals surface area contributed by atoms with Crippen LogP contribution in [0.2, 0.25) is 0 Å². The lowest BCUT2D eigenvalue weighted by Gasteiger charge is -2.31. The van der Waals surface area contributed by atoms with Gasteiger partial charge in [-0.25, -0.2) is 0 Å². The highest BCUT2D eigenvalue weighted by Gasteiger charge is 2.21. The predicted molar refractivity (Wildman–Crippen MR) is 71.3 cm³/mol. The Morgan fingerprint density at radius 3 is 2.68 bits per heavy atom. The van der Waals surface area contributed by atoms with Gasteiger partial charge in [0.1, 0.15) is 0 Å². The van der Waals surface area contributed by atoms with Gasteiger partial charge in [-0.3, -0.25) is 15.0 Å². The molecule has 1 saturated heterocycles. The molecule has 1 aliphatic rings. The van der Waals surface area contributed by atoms with E-state index in [0.717, 1.165) is 31.8 Å². The largest absolute Gasteiger partial charge is 0.305 e. The number of nitrogens with zero attached hydrogens (tertiary/aromatic N) is 2. The van der Waals surface area contributed by atoms with E-state index >= 15 is 0 Å². The molecule has 2 rings (SSSR count). The molecule has 0 unspecified atom stereocenters. The lowest BCUT2D eigenvalue weighted by Crippen LogP contribution is -2.33. The van der Waals surface area contributed by atoms with Crippen LogP contribution in [0.5, 0.6) is 0 Å². The lowest BCUT2D eigenvalue weighted by atomic mass is 9.94. The molecule has 104 valence electrons. The molecule has 0 aliphatic carbocycles. The molecule has 4 nitrogen and oxygen atoms in total. The summed E-state index contributed by atoms with van der Waals surface area (Å²) in [6.45, 7) is 4.55. The summed E-state index contributed by atoms with van der Waals surface area (Å²) in [5, 5.41) is 10.7. The van der Waals surface area contributed by atoms with Crippen molar-refractivity contribution in [1.82, 2.24) is 4.90 Å². The summed E-state index contributed by atoms with van der Waals surface area (Å²) >= 11 is 0. The summed E-state index contributed by atoms with van der Waals surface area (Å²) in [6, 6.07) is 4.39. The van der Waals surface area contributed by atoms with Crippen LogP contribution in [0.1, 0.15) is 31.7 Å². The van der Waals surface area contributed by atoms with Crippen LogP contribution >= 0.6 is 0 Å². The molecule has 0 radical (unpaired) electrons. The van der Waals surface area contributed by atoms with Gasteiger partial charge in [-0.2, -0.15) is 4.39 Å². The van der Waals surface area contributed by atoms with Crippen LogP contribution in [0.3, 0.4) is 0 Å². The molecule has 1 heterocycles. The Balaban J connectivity index is 2.04. The fourth-order valence-corrected chi connectivity index (χ4v) is 2.62. The molecule has 1 aromatic rings. The number of nitro benzene ring substituents is 1. The molecular formula is C14H19FN2O2. The van der Waals surface area contributed by atoms with Crippen molar-refractivity contribution in [2.75, 3.05) is 13.1 Å². The average Bonchev–Trinajstić information content (AvgIpc) is 2.41. The van der Waals surface area contributed by atoms with Gasteiger partial charge in [0.2, 0.25) is 5.82 Å². The molecule has 5 heteroatoms. The smallest absolute Gasteiger partial charge is 0.299 e. The Morgan fingerprint density at radius 2 is 2.11 bits per heavy atom. The van der Waals surface area contributed by atoms with Crippen molar-refractivity contribution >= 4 is 5.69 Å². The number of hydrogen-bond acceptors (Lipinski definition) is 3. The van der Waals surface area contributed by atoms with Gasteiger partial charge in [0.25, 0.3) is 0 Å². The molecule has 1 aliphatic heterocycles. The van der Waals surface area contributed by atoms with Crippen molar-refractivity contribution in [2.24, 2.45) is 5.92 Å². The van der Waals surface area contributed by atoms with Gasteiger partial charge in [0.05, 0.1) is 4.92 Å². The Labute approximate surface area is 112 Å². The normalized spacial score (nSPS) is 17.6. The molecule has 1 aromatic carbocycles. The highest BCUT2D eigenvalue weighted by atomic mass is 19.1. The third kappa shape index (κ3) is 3.29. The standard InChI is InChI=1S/C14H19FN2O2/c1-2-11-6-8-16(9-7-11)10-12-4-3-5-13(14(12)15)17(18)19/h3-5,11H,2,6-10H2,1H3. The van der Waals surface area contributed by atoms with E-state index < -0.39 is 16.4 Å². The predicted octanol–water partition coefficient (Wildman–Crippen LogP) is 3.36. The molecule has 0 bridgehead atoms. The SMILES string of the molecule is CCC1CCN(Cc2cccc([N+](=O)[O-])c2F)CC1. The Morgan fingerprint density at radius 1 is 1.42 bits per heavy atom. The van der Waals surface area contributed by atoms with Crippen LogP contribution in [0.25, 0.3) is 0 Å². The second-order valence-electron chi connectivity index (χ2n) is 5.14. The van der Waals surface area contributed by atoms with Crippen LogP contribution < -0.4 is 0 Å². The van der Waals surface area contributed by atoms with Crippen LogP contribution in [-0.2, 0) is 6.54 Å². The van der Waals surface area contributed by atoms with Gasteiger partial charge in [-0.05, 0) is 31.8 Å². The zero-order valence-electron chi connectivity index (χ0n) is 11.1. The monoisotopic (exact) mass is 266 g/mol. The quantitative estimate of drug-likeness (QED) is 0.620. The maximum Gasteiger partial charge on any atom is 0.305 e. The summed E-state index contributed by atoms with van der Waals surface area (Å²) < 4.78 is 14.0. The fraction of sp³-hybridized carbons (Fsp3) is 0.571. The highest BCUT2D eigenvalue weighted by Crippen LogP contribution is 2.24. The van der Waals surface area contributed by atoms with Crippen molar-refractivity contribution in [2.45, 2.75) is 32.7 Å². The summed E-state index contributed by atoms with van der Waals surface area (Å²) in [7, 11) is 0. The second kappa shape index (κ2) is 6.10. The van der Waals surface area contributed by atoms with Crippen LogP contribution in [0.4, 0.5) is 10.1 Å². The molecular weight excluding hydrogens is 247 g/mol. The molecule has 0 saturated carbocycles. The van der Waals surface area contributed by atoms with Gasteiger partial charge >= 0.3 is 5.69 Å². The maximum absolute atomic E-state index is 14.0. The first-order valence-corrected chi connectivity index (χ1v) is 6.76. The number of nitro groups is 1. The van der Waals surface area contributed by atoms with E-state index in [1.807, 2.05) is 0 Å². The summed E-state index contributed by atoms with van der Waals surface area (Å²) in [4.78, 5) is 12.2. The van der Waals surface area contributed by atoms with Gasteiger partial charge < -0.3 is 0 Å². The van der Waals surface area contributed by atoms with Gasteiger partial charge in [0, 0.05) is 18.2 Å². The molecule has 19 heavy (non-hydrogen) atoms. The van der Waals surface area contributed by atoms with Gasteiger partial charge in [-0.1, -0.05) is 25.5 Å². The summed E-state index contributed by atoms with van der Waals surface area (Å²) in [6.07, 6.45) is 3.46. The average molecular weight is 266 g/mol. The Hall–Kier alpha value is -1.49. The number of benzene rings is 1. The van der Waals surface area contributed by atoms with Crippen molar-refractivity contribution in [3.63, 3.8) is 0 Å². The fourth-order valence-electron chi connectivity index (χ4n) is 2.62. The molecule has 0 amide bonds. The number of piperidine rings is 1. The van der Waals surface area contributed by atoms with Gasteiger partial charge in [-0.15, -0.1) is 0 Å². The van der Waals surface area contributed by atoms with E-state index in [2.05, 4.69) is 11.8 Å². The maximum atomic E-state index is 14.0. The van der Waals surface area contributed by atoms with E-state index in [1.54, 1.807) is 12.1 Å². The zero-order chi connectivity index (χ0) is 13.8. The van der Waals surface area contributed by atoms with Crippen molar-refractivity contribution in [3.8, 4) is 0 Å². The van der Waals surface area contributed by atoms with Crippen molar-refractivity contribution < 1.29 is 9.31 Å². The number of rotatable bonds is 4. The van der Waals surface area contributed by atoms with Crippen molar-refractivity contribution in [1.29, 1.82) is 0 Å². The minimum Gasteiger partial charge on any atom is -0.299 e. The first-order valence-electron chi connectivity index (χ1n) is 6.76. The first kappa shape index (κ1) is 13.9. The lowest BCUT2D eigenvalue weighted by molar-refractivity contribution is -0.387. The van der Waals surface area contributed by atoms with Gasteiger partial charge in [0.15, 0.2) is 0 Å². The minimum absolute atomic E-state index is 0.421. The molecule has 0 N–H and O–H groups in total. The van der Waals surface area contributed by atoms with E-state index in [4.69, 9.17) is 0 Å². The Kier molecular flexibility index (Phi) is 4.47. The summed E-state index contributed by atoms with van der Waals surface area (Å²) in [5.74, 6) is 0.0799. The van der Waals surface area contributed by atoms with Crippen LogP contribution in [0.15, 0.2) is 18.2 Å². The van der Waals surface area contributed by atoms with Crippen LogP contribution in [0, 0.1) is 21.8 Å². The number of halogens is 1. The van der Waals surface area contributed by atoms with Crippen LogP contribution in [-0.4, -0.2) is 22.9 Å². The second-order valence-corrected chi connectivity index (χ2v) is 5.14. The highest BCUT2D eigenvalue weighted by molar-refractivity contribution is 5.36. The third-order valence-corrected chi connectivity index (χ3v) is 3.93. The molecule has 0 atom stereocenters. The zero-order valence-corrected chi connectivity index (χ0v) is 11.1. The van der Waals surface area contributed by atoms with Crippen molar-refractivity contribution in [3.05, 3.63) is 39.7 Å². The number of likely N-dealkylation sites (tertiary alicyclic amines) is 1. The molecule has 0 spiro atoms. The first-order chi connectivity index (χ1) is 9.11. The third-order valence-electron chi connectivity index (χ3n) is 3.93. The van der Waals surface area contributed by atoms with E-state index in [0.29, 0.717) is 12.1 Å². The van der Waals surface area contributed by atoms with E-state index in [1.165, 1.54) is 12.5 Å². The van der Waals surface area contributed by atoms with E-state index in [9.17, 15) is 14.5 Å². The molecule has 0 aromatic heterocycles. The molecule has 1 fully saturated rings.